The molecule has 0 bridgehead atoms. The molecule has 3 nitrogen and oxygen atoms in total. The lowest BCUT2D eigenvalue weighted by atomic mass is 9.79. The smallest absolute Gasteiger partial charge is 0.167 e. The van der Waals surface area contributed by atoms with E-state index in [1.54, 1.807) is 0 Å². The Labute approximate surface area is 354 Å². The highest BCUT2D eigenvalue weighted by Crippen LogP contribution is 2.52. The molecule has 3 aromatic carbocycles. The molecule has 0 radical (unpaired) electrons. The van der Waals surface area contributed by atoms with E-state index in [1.807, 2.05) is 0 Å². The summed E-state index contributed by atoms with van der Waals surface area (Å²) in [7, 11) is -0.461. The molecule has 0 saturated heterocycles. The Bertz CT molecular complexity index is 1500. The van der Waals surface area contributed by atoms with Crippen LogP contribution in [0.2, 0.25) is 0 Å². The molecule has 6 fully saturated rings. The first-order chi connectivity index (χ1) is 28.5. The highest BCUT2D eigenvalue weighted by molar-refractivity contribution is 7.97. The van der Waals surface area contributed by atoms with E-state index in [9.17, 15) is 15.3 Å². The molecule has 0 atom stereocenters. The third kappa shape index (κ3) is 8.76. The van der Waals surface area contributed by atoms with Crippen LogP contribution in [0, 0.1) is 0 Å². The largest absolute Gasteiger partial charge is 0.507 e. The average Bonchev–Trinajstić information content (AvgIpc) is 3.29. The minimum absolute atomic E-state index is 0.410. The van der Waals surface area contributed by atoms with Crippen molar-refractivity contribution in [2.45, 2.75) is 243 Å². The number of phenols is 3. The first-order valence-corrected chi connectivity index (χ1v) is 26.1. The van der Waals surface area contributed by atoms with Crippen LogP contribution in [0.4, 0.5) is 0 Å². The second-order valence-electron chi connectivity index (χ2n) is 20.2. The molecule has 0 amide bonds. The van der Waals surface area contributed by atoms with Crippen LogP contribution in [0.3, 0.4) is 0 Å². The molecular weight excluding hydrogens is 729 g/mol. The molecule has 6 aliphatic rings. The zero-order chi connectivity index (χ0) is 39.4. The second kappa shape index (κ2) is 19.0. The van der Waals surface area contributed by atoms with Crippen molar-refractivity contribution in [1.82, 2.24) is 0 Å². The summed E-state index contributed by atoms with van der Waals surface area (Å²) >= 11 is 0. The molecule has 314 valence electrons. The summed E-state index contributed by atoms with van der Waals surface area (Å²) in [6.45, 7) is 0. The van der Waals surface area contributed by atoms with Gasteiger partial charge in [0.15, 0.2) is 14.7 Å². The molecule has 0 unspecified atom stereocenters. The van der Waals surface area contributed by atoms with Gasteiger partial charge in [-0.2, -0.15) is 0 Å². The van der Waals surface area contributed by atoms with E-state index < -0.39 is 10.9 Å². The molecule has 6 saturated carbocycles. The molecule has 0 spiro atoms. The van der Waals surface area contributed by atoms with Gasteiger partial charge in [0.25, 0.3) is 0 Å². The molecule has 4 heteroatoms. The summed E-state index contributed by atoms with van der Waals surface area (Å²) in [5, 5.41) is 37.2. The highest BCUT2D eigenvalue weighted by atomic mass is 32.2. The van der Waals surface area contributed by atoms with Crippen molar-refractivity contribution < 1.29 is 15.3 Å². The van der Waals surface area contributed by atoms with Gasteiger partial charge in [0, 0.05) is 69.8 Å². The van der Waals surface area contributed by atoms with E-state index in [1.165, 1.54) is 241 Å². The summed E-state index contributed by atoms with van der Waals surface area (Å²) in [5.74, 6) is 4.29. The Morgan fingerprint density at radius 3 is 0.569 bits per heavy atom. The van der Waals surface area contributed by atoms with Gasteiger partial charge in [0.05, 0.1) is 10.9 Å². The van der Waals surface area contributed by atoms with E-state index in [4.69, 9.17) is 0 Å². The zero-order valence-electron chi connectivity index (χ0n) is 35.9. The molecule has 6 aliphatic carbocycles. The monoisotopic (exact) mass is 804 g/mol. The normalized spacial score (nSPS) is 23.1. The maximum absolute atomic E-state index is 12.4. The third-order valence-corrected chi connectivity index (χ3v) is 18.5. The fourth-order valence-corrected chi connectivity index (χ4v) is 15.4. The van der Waals surface area contributed by atoms with Crippen molar-refractivity contribution in [3.63, 3.8) is 0 Å². The Balaban J connectivity index is 1.29. The van der Waals surface area contributed by atoms with Crippen LogP contribution in [0.1, 0.15) is 262 Å². The van der Waals surface area contributed by atoms with Gasteiger partial charge in [0.2, 0.25) is 0 Å². The molecule has 3 N–H and O–H groups in total. The molecule has 0 aromatic heterocycles. The number of aromatic hydroxyl groups is 3. The number of rotatable bonds is 9. The van der Waals surface area contributed by atoms with Crippen LogP contribution in [-0.2, 0) is 10.9 Å². The van der Waals surface area contributed by atoms with Gasteiger partial charge in [-0.15, -0.1) is 0 Å². The standard InChI is InChI=1S/C54H74O3S/c55-52-46(37-19-7-1-8-20-37)31-43(32-47(52)38-21-9-2-10-22-38)58(44-33-48(39-23-11-3-12-24-39)53(56)49(34-44)40-25-13-4-14-26-40)45-35-50(41-27-15-5-16-28-41)54(57)51(36-45)42-29-17-6-18-30-42/h31-42H,1-30H2,(H2-,55,56,57)/p+1. The van der Waals surface area contributed by atoms with Crippen LogP contribution in [-0.4, -0.2) is 15.3 Å². The molecule has 58 heavy (non-hydrogen) atoms. The van der Waals surface area contributed by atoms with E-state index in [2.05, 4.69) is 36.4 Å². The molecule has 0 heterocycles. The zero-order valence-corrected chi connectivity index (χ0v) is 36.7. The molecular formula is C54H75O3S+. The topological polar surface area (TPSA) is 60.7 Å². The Hall–Kier alpha value is -2.59. The van der Waals surface area contributed by atoms with Gasteiger partial charge in [-0.05, 0) is 113 Å². The van der Waals surface area contributed by atoms with E-state index >= 15 is 0 Å². The van der Waals surface area contributed by atoms with Crippen LogP contribution in [0.15, 0.2) is 51.1 Å². The Kier molecular flexibility index (Phi) is 13.4. The van der Waals surface area contributed by atoms with Crippen molar-refractivity contribution in [3.05, 3.63) is 69.8 Å². The summed E-state index contributed by atoms with van der Waals surface area (Å²) in [6, 6.07) is 14.9. The van der Waals surface area contributed by atoms with Gasteiger partial charge in [-0.25, -0.2) is 0 Å². The predicted octanol–water partition coefficient (Wildman–Crippen LogP) is 16.2. The lowest BCUT2D eigenvalue weighted by Gasteiger charge is -2.30. The van der Waals surface area contributed by atoms with E-state index in [0.29, 0.717) is 52.8 Å². The van der Waals surface area contributed by atoms with E-state index in [-0.39, 0.29) is 0 Å². The van der Waals surface area contributed by atoms with Crippen molar-refractivity contribution in [2.75, 3.05) is 0 Å². The van der Waals surface area contributed by atoms with Crippen molar-refractivity contribution in [3.8, 4) is 17.2 Å². The summed E-state index contributed by atoms with van der Waals surface area (Å²) < 4.78 is 0. The predicted molar refractivity (Wildman–Crippen MR) is 241 cm³/mol. The SMILES string of the molecule is Oc1c(C2CCCCC2)cc([S+](c2cc(C3CCCCC3)c(O)c(C3CCCCC3)c2)c2cc(C3CCCCC3)c(O)c(C3CCCCC3)c2)cc1C1CCCCC1. The van der Waals surface area contributed by atoms with Crippen molar-refractivity contribution in [2.24, 2.45) is 0 Å². The maximum Gasteiger partial charge on any atom is 0.167 e. The van der Waals surface area contributed by atoms with Gasteiger partial charge >= 0.3 is 0 Å². The summed E-state index contributed by atoms with van der Waals surface area (Å²) in [4.78, 5) is 4.09. The Morgan fingerprint density at radius 1 is 0.259 bits per heavy atom. The minimum Gasteiger partial charge on any atom is -0.507 e. The van der Waals surface area contributed by atoms with Crippen molar-refractivity contribution in [1.29, 1.82) is 0 Å². The third-order valence-electron chi connectivity index (χ3n) is 16.4. The lowest BCUT2D eigenvalue weighted by molar-refractivity contribution is 0.392. The van der Waals surface area contributed by atoms with Gasteiger partial charge < -0.3 is 15.3 Å². The highest BCUT2D eigenvalue weighted by Gasteiger charge is 2.39. The molecule has 9 rings (SSSR count). The molecule has 0 aliphatic heterocycles. The number of hydrogen-bond donors (Lipinski definition) is 3. The lowest BCUT2D eigenvalue weighted by Crippen LogP contribution is -2.16. The van der Waals surface area contributed by atoms with Gasteiger partial charge in [-0.1, -0.05) is 116 Å². The quantitative estimate of drug-likeness (QED) is 0.189. The number of phenolic OH excluding ortho intramolecular Hbond substituents is 3. The molecule has 3 aromatic rings. The van der Waals surface area contributed by atoms with Crippen LogP contribution >= 0.6 is 0 Å². The van der Waals surface area contributed by atoms with Crippen LogP contribution < -0.4 is 0 Å². The maximum atomic E-state index is 12.4. The van der Waals surface area contributed by atoms with Gasteiger partial charge in [-0.3, -0.25) is 0 Å². The number of benzene rings is 3. The van der Waals surface area contributed by atoms with Gasteiger partial charge in [0.1, 0.15) is 17.2 Å². The summed E-state index contributed by atoms with van der Waals surface area (Å²) in [6.07, 6.45) is 36.9. The second-order valence-corrected chi connectivity index (χ2v) is 22.2. The summed E-state index contributed by atoms with van der Waals surface area (Å²) in [5.41, 5.74) is 7.29. The fourth-order valence-electron chi connectivity index (χ4n) is 13.1. The van der Waals surface area contributed by atoms with Crippen molar-refractivity contribution >= 4 is 10.9 Å². The van der Waals surface area contributed by atoms with Crippen LogP contribution in [0.25, 0.3) is 0 Å². The Morgan fingerprint density at radius 2 is 0.414 bits per heavy atom. The first kappa shape index (κ1) is 40.8. The minimum atomic E-state index is -0.461. The van der Waals surface area contributed by atoms with Crippen LogP contribution in [0.5, 0.6) is 17.2 Å². The average molecular weight is 804 g/mol. The van der Waals surface area contributed by atoms with E-state index in [0.717, 1.165) is 0 Å². The first-order valence-electron chi connectivity index (χ1n) is 24.9. The fraction of sp³-hybridized carbons (Fsp3) is 0.667. The number of hydrogen-bond acceptors (Lipinski definition) is 3.